The molecule has 0 radical (unpaired) electrons. The van der Waals surface area contributed by atoms with Gasteiger partial charge in [-0.15, -0.1) is 0 Å². The molecule has 1 atom stereocenters. The molecule has 7 heteroatoms. The van der Waals surface area contributed by atoms with Crippen molar-refractivity contribution in [2.45, 2.75) is 64.4 Å². The van der Waals surface area contributed by atoms with Gasteiger partial charge >= 0.3 is 7.12 Å². The predicted molar refractivity (Wildman–Crippen MR) is 99.3 cm³/mol. The molecule has 4 rings (SSSR count). The van der Waals surface area contributed by atoms with Crippen molar-refractivity contribution in [3.63, 3.8) is 0 Å². The molecule has 0 spiro atoms. The Balaban J connectivity index is 1.77. The number of ether oxygens (including phenoxy) is 1. The Labute approximate surface area is 153 Å². The van der Waals surface area contributed by atoms with Crippen molar-refractivity contribution in [2.75, 3.05) is 6.61 Å². The highest BCUT2D eigenvalue weighted by Gasteiger charge is 2.52. The van der Waals surface area contributed by atoms with E-state index < -0.39 is 18.3 Å². The summed E-state index contributed by atoms with van der Waals surface area (Å²) in [6, 6.07) is 3.89. The van der Waals surface area contributed by atoms with Gasteiger partial charge < -0.3 is 14.0 Å². The van der Waals surface area contributed by atoms with Crippen LogP contribution in [-0.4, -0.2) is 34.7 Å². The minimum Gasteiger partial charge on any atom is -0.399 e. The summed E-state index contributed by atoms with van der Waals surface area (Å²) < 4.78 is 20.3. The largest absolute Gasteiger partial charge is 0.497 e. The van der Waals surface area contributed by atoms with Gasteiger partial charge in [0.1, 0.15) is 0 Å². The minimum absolute atomic E-state index is 0.0152. The van der Waals surface area contributed by atoms with Crippen molar-refractivity contribution in [3.05, 3.63) is 23.4 Å². The number of rotatable bonds is 2. The van der Waals surface area contributed by atoms with Crippen LogP contribution in [0.4, 0.5) is 0 Å². The Morgan fingerprint density at radius 2 is 1.88 bits per heavy atom. The second kappa shape index (κ2) is 5.98. The van der Waals surface area contributed by atoms with Crippen molar-refractivity contribution >= 4 is 35.1 Å². The first-order chi connectivity index (χ1) is 11.8. The lowest BCUT2D eigenvalue weighted by atomic mass is 9.77. The first-order valence-corrected chi connectivity index (χ1v) is 9.31. The van der Waals surface area contributed by atoms with Crippen molar-refractivity contribution in [2.24, 2.45) is 0 Å². The van der Waals surface area contributed by atoms with Gasteiger partial charge in [-0.2, -0.15) is 5.10 Å². The molecule has 25 heavy (non-hydrogen) atoms. The zero-order valence-electron chi connectivity index (χ0n) is 15.2. The van der Waals surface area contributed by atoms with Crippen molar-refractivity contribution in [3.8, 4) is 0 Å². The summed E-state index contributed by atoms with van der Waals surface area (Å²) in [5.74, 6) is 0. The number of halogens is 1. The lowest BCUT2D eigenvalue weighted by Gasteiger charge is -2.32. The van der Waals surface area contributed by atoms with E-state index in [4.69, 9.17) is 25.6 Å². The van der Waals surface area contributed by atoms with Crippen LogP contribution in [0.15, 0.2) is 18.3 Å². The van der Waals surface area contributed by atoms with Crippen LogP contribution >= 0.6 is 11.6 Å². The fourth-order valence-corrected chi connectivity index (χ4v) is 3.72. The molecule has 2 saturated heterocycles. The number of fused-ring (bicyclic) bond motifs is 1. The van der Waals surface area contributed by atoms with E-state index in [2.05, 4.69) is 5.10 Å². The van der Waals surface area contributed by atoms with Crippen molar-refractivity contribution < 1.29 is 14.0 Å². The van der Waals surface area contributed by atoms with Crippen LogP contribution < -0.4 is 5.46 Å². The number of aromatic nitrogens is 2. The third-order valence-electron chi connectivity index (χ3n) is 5.69. The van der Waals surface area contributed by atoms with Crippen LogP contribution in [0.3, 0.4) is 0 Å². The highest BCUT2D eigenvalue weighted by Crippen LogP contribution is 2.38. The maximum Gasteiger partial charge on any atom is 0.497 e. The first kappa shape index (κ1) is 17.3. The van der Waals surface area contributed by atoms with E-state index in [9.17, 15) is 0 Å². The lowest BCUT2D eigenvalue weighted by Crippen LogP contribution is -2.41. The number of hydrogen-bond donors (Lipinski definition) is 0. The highest BCUT2D eigenvalue weighted by molar-refractivity contribution is 6.68. The van der Waals surface area contributed by atoms with Gasteiger partial charge in [-0.3, -0.25) is 0 Å². The van der Waals surface area contributed by atoms with Gasteiger partial charge in [0.05, 0.1) is 22.9 Å². The van der Waals surface area contributed by atoms with E-state index in [1.54, 1.807) is 0 Å². The molecule has 2 fully saturated rings. The van der Waals surface area contributed by atoms with Gasteiger partial charge in [-0.1, -0.05) is 11.6 Å². The molecule has 0 N–H and O–H groups in total. The van der Waals surface area contributed by atoms with Crippen LogP contribution in [0, 0.1) is 0 Å². The Morgan fingerprint density at radius 3 is 2.52 bits per heavy atom. The fraction of sp³-hybridized carbons (Fsp3) is 0.611. The second-order valence-corrected chi connectivity index (χ2v) is 8.30. The van der Waals surface area contributed by atoms with Gasteiger partial charge in [0, 0.05) is 22.5 Å². The Kier molecular flexibility index (Phi) is 4.15. The lowest BCUT2D eigenvalue weighted by molar-refractivity contribution is -0.0366. The van der Waals surface area contributed by atoms with Crippen molar-refractivity contribution in [1.82, 2.24) is 9.78 Å². The topological polar surface area (TPSA) is 45.5 Å². The van der Waals surface area contributed by atoms with Gasteiger partial charge in [0.15, 0.2) is 6.23 Å². The fourth-order valence-electron chi connectivity index (χ4n) is 3.46. The molecule has 0 bridgehead atoms. The maximum atomic E-state index is 6.54. The first-order valence-electron chi connectivity index (χ1n) is 8.93. The summed E-state index contributed by atoms with van der Waals surface area (Å²) in [4.78, 5) is 0. The van der Waals surface area contributed by atoms with E-state index >= 15 is 0 Å². The van der Waals surface area contributed by atoms with E-state index in [0.717, 1.165) is 42.2 Å². The zero-order valence-corrected chi connectivity index (χ0v) is 16.0. The molecule has 2 aliphatic heterocycles. The molecule has 0 aliphatic carbocycles. The Bertz CT molecular complexity index is 783. The number of benzene rings is 1. The standard InChI is InChI=1S/C18H24BClN2O3/c1-17(2)18(3,4)25-19(24-17)16-12-11-21-22(14(12)9-8-13(16)20)15-7-5-6-10-23-15/h8-9,11,15H,5-7,10H2,1-4H3. The SMILES string of the molecule is CC1(C)OB(c2c(Cl)ccc3c2cnn3C2CCCCO2)OC1(C)C. The Hall–Kier alpha value is -1.08. The molecular weight excluding hydrogens is 338 g/mol. The normalized spacial score (nSPS) is 25.6. The molecule has 1 aromatic carbocycles. The van der Waals surface area contributed by atoms with Gasteiger partial charge in [0.25, 0.3) is 0 Å². The predicted octanol–water partition coefficient (Wildman–Crippen LogP) is 3.69. The summed E-state index contributed by atoms with van der Waals surface area (Å²) >= 11 is 6.54. The Morgan fingerprint density at radius 1 is 1.16 bits per heavy atom. The average molecular weight is 363 g/mol. The molecule has 5 nitrogen and oxygen atoms in total. The smallest absolute Gasteiger partial charge is 0.399 e. The zero-order chi connectivity index (χ0) is 17.8. The summed E-state index contributed by atoms with van der Waals surface area (Å²) in [6.07, 6.45) is 5.08. The highest BCUT2D eigenvalue weighted by atomic mass is 35.5. The van der Waals surface area contributed by atoms with E-state index in [1.165, 1.54) is 0 Å². The third-order valence-corrected chi connectivity index (χ3v) is 6.02. The van der Waals surface area contributed by atoms with Crippen LogP contribution in [-0.2, 0) is 14.0 Å². The van der Waals surface area contributed by atoms with Gasteiger partial charge in [-0.25, -0.2) is 4.68 Å². The molecule has 1 aromatic heterocycles. The molecule has 1 unspecified atom stereocenters. The molecule has 2 aliphatic rings. The molecule has 0 amide bonds. The van der Waals surface area contributed by atoms with E-state index in [-0.39, 0.29) is 6.23 Å². The molecular formula is C18H24BClN2O3. The molecule has 0 saturated carbocycles. The molecule has 134 valence electrons. The van der Waals surface area contributed by atoms with E-state index in [0.29, 0.717) is 5.02 Å². The third kappa shape index (κ3) is 2.80. The second-order valence-electron chi connectivity index (χ2n) is 7.89. The minimum atomic E-state index is -0.508. The summed E-state index contributed by atoms with van der Waals surface area (Å²) in [7, 11) is -0.508. The van der Waals surface area contributed by atoms with Crippen LogP contribution in [0.1, 0.15) is 53.2 Å². The summed E-state index contributed by atoms with van der Waals surface area (Å²) in [6.45, 7) is 8.95. The van der Waals surface area contributed by atoms with Gasteiger partial charge in [0.2, 0.25) is 0 Å². The monoisotopic (exact) mass is 362 g/mol. The van der Waals surface area contributed by atoms with Gasteiger partial charge in [-0.05, 0) is 59.1 Å². The quantitative estimate of drug-likeness (QED) is 0.764. The summed E-state index contributed by atoms with van der Waals surface area (Å²) in [5, 5.41) is 6.18. The van der Waals surface area contributed by atoms with Crippen LogP contribution in [0.5, 0.6) is 0 Å². The van der Waals surface area contributed by atoms with Crippen LogP contribution in [0.2, 0.25) is 5.02 Å². The maximum absolute atomic E-state index is 6.54. The average Bonchev–Trinajstić information content (AvgIpc) is 3.06. The molecule has 3 heterocycles. The summed E-state index contributed by atoms with van der Waals surface area (Å²) in [5.41, 5.74) is 1.03. The molecule has 2 aromatic rings. The van der Waals surface area contributed by atoms with E-state index in [1.807, 2.05) is 50.7 Å². The number of hydrogen-bond acceptors (Lipinski definition) is 4. The van der Waals surface area contributed by atoms with Crippen molar-refractivity contribution in [1.29, 1.82) is 0 Å². The number of nitrogens with zero attached hydrogens (tertiary/aromatic N) is 2. The van der Waals surface area contributed by atoms with Crippen LogP contribution in [0.25, 0.3) is 10.9 Å².